The standard InChI is InChI=1S/C25H24N4O2/c1-16-27-22-9-5-19(14-23(22)28-16)18-6-10-24-20(13-18)15-29(11-12-31-24)25(30)17-3-7-21(26-2)8-4-17/h3-10,13-14,26H,11-12,15H2,1-2H3,(H,27,28). The maximum atomic E-state index is 13.1. The zero-order valence-corrected chi connectivity index (χ0v) is 17.6. The van der Waals surface area contributed by atoms with Gasteiger partial charge in [-0.15, -0.1) is 0 Å². The summed E-state index contributed by atoms with van der Waals surface area (Å²) >= 11 is 0. The van der Waals surface area contributed by atoms with Crippen LogP contribution in [0.15, 0.2) is 60.7 Å². The minimum Gasteiger partial charge on any atom is -0.491 e. The van der Waals surface area contributed by atoms with Gasteiger partial charge < -0.3 is 19.9 Å². The summed E-state index contributed by atoms with van der Waals surface area (Å²) in [6, 6.07) is 20.0. The molecule has 0 saturated heterocycles. The summed E-state index contributed by atoms with van der Waals surface area (Å²) in [5.74, 6) is 1.75. The molecule has 2 N–H and O–H groups in total. The fourth-order valence-corrected chi connectivity index (χ4v) is 4.03. The van der Waals surface area contributed by atoms with Gasteiger partial charge in [0, 0.05) is 30.4 Å². The van der Waals surface area contributed by atoms with Crippen LogP contribution in [-0.4, -0.2) is 41.0 Å². The van der Waals surface area contributed by atoms with Crippen molar-refractivity contribution in [2.45, 2.75) is 13.5 Å². The number of aryl methyl sites for hydroxylation is 1. The van der Waals surface area contributed by atoms with Gasteiger partial charge in [0.05, 0.1) is 17.6 Å². The van der Waals surface area contributed by atoms with Gasteiger partial charge in [0.2, 0.25) is 0 Å². The summed E-state index contributed by atoms with van der Waals surface area (Å²) in [7, 11) is 1.86. The van der Waals surface area contributed by atoms with Crippen LogP contribution in [0.2, 0.25) is 0 Å². The maximum Gasteiger partial charge on any atom is 0.254 e. The molecule has 3 aromatic carbocycles. The van der Waals surface area contributed by atoms with Gasteiger partial charge in [0.15, 0.2) is 0 Å². The van der Waals surface area contributed by atoms with E-state index < -0.39 is 0 Å². The summed E-state index contributed by atoms with van der Waals surface area (Å²) in [4.78, 5) is 22.7. The Kier molecular flexibility index (Phi) is 4.82. The Morgan fingerprint density at radius 3 is 2.65 bits per heavy atom. The fraction of sp³-hybridized carbons (Fsp3) is 0.200. The summed E-state index contributed by atoms with van der Waals surface area (Å²) in [6.45, 7) is 3.50. The average molecular weight is 412 g/mol. The number of aromatic nitrogens is 2. The number of aromatic amines is 1. The van der Waals surface area contributed by atoms with Crippen molar-refractivity contribution in [1.29, 1.82) is 0 Å². The molecule has 0 saturated carbocycles. The van der Waals surface area contributed by atoms with E-state index in [1.54, 1.807) is 0 Å². The monoisotopic (exact) mass is 412 g/mol. The lowest BCUT2D eigenvalue weighted by molar-refractivity contribution is 0.0733. The Hall–Kier alpha value is -3.80. The minimum absolute atomic E-state index is 0.0128. The van der Waals surface area contributed by atoms with Gasteiger partial charge in [-0.2, -0.15) is 0 Å². The molecule has 0 radical (unpaired) electrons. The Morgan fingerprint density at radius 2 is 1.84 bits per heavy atom. The van der Waals surface area contributed by atoms with Gasteiger partial charge in [0.25, 0.3) is 5.91 Å². The molecule has 156 valence electrons. The molecule has 4 aromatic rings. The van der Waals surface area contributed by atoms with E-state index in [2.05, 4.69) is 39.6 Å². The molecule has 0 spiro atoms. The average Bonchev–Trinajstić information content (AvgIpc) is 3.04. The van der Waals surface area contributed by atoms with Crippen molar-refractivity contribution in [3.63, 3.8) is 0 Å². The normalized spacial score (nSPS) is 13.4. The molecule has 6 heteroatoms. The second-order valence-corrected chi connectivity index (χ2v) is 7.78. The lowest BCUT2D eigenvalue weighted by Gasteiger charge is -2.20. The highest BCUT2D eigenvalue weighted by Crippen LogP contribution is 2.31. The van der Waals surface area contributed by atoms with Crippen LogP contribution in [0.4, 0.5) is 5.69 Å². The van der Waals surface area contributed by atoms with Crippen LogP contribution >= 0.6 is 0 Å². The molecule has 31 heavy (non-hydrogen) atoms. The SMILES string of the molecule is CNc1ccc(C(=O)N2CCOc3ccc(-c4ccc5nc(C)[nH]c5c4)cc3C2)cc1. The third kappa shape index (κ3) is 3.72. The van der Waals surface area contributed by atoms with E-state index >= 15 is 0 Å². The number of hydrogen-bond acceptors (Lipinski definition) is 4. The van der Waals surface area contributed by atoms with Crippen LogP contribution in [0.25, 0.3) is 22.2 Å². The molecule has 0 unspecified atom stereocenters. The quantitative estimate of drug-likeness (QED) is 0.515. The first-order valence-corrected chi connectivity index (χ1v) is 10.4. The first-order chi connectivity index (χ1) is 15.1. The first kappa shape index (κ1) is 19.2. The van der Waals surface area contributed by atoms with E-state index in [-0.39, 0.29) is 5.91 Å². The van der Waals surface area contributed by atoms with Gasteiger partial charge in [-0.3, -0.25) is 4.79 Å². The van der Waals surface area contributed by atoms with Crippen LogP contribution < -0.4 is 10.1 Å². The van der Waals surface area contributed by atoms with Gasteiger partial charge in [0.1, 0.15) is 18.2 Å². The molecule has 0 bridgehead atoms. The number of H-pyrrole nitrogens is 1. The van der Waals surface area contributed by atoms with Crippen molar-refractivity contribution in [1.82, 2.24) is 14.9 Å². The predicted molar refractivity (Wildman–Crippen MR) is 122 cm³/mol. The lowest BCUT2D eigenvalue weighted by Crippen LogP contribution is -2.32. The second kappa shape index (κ2) is 7.80. The molecule has 2 heterocycles. The fourth-order valence-electron chi connectivity index (χ4n) is 4.03. The van der Waals surface area contributed by atoms with Crippen molar-refractivity contribution in [2.24, 2.45) is 0 Å². The molecular weight excluding hydrogens is 388 g/mol. The number of anilines is 1. The number of benzene rings is 3. The Bertz CT molecular complexity index is 1260. The number of fused-ring (bicyclic) bond motifs is 2. The number of nitrogens with one attached hydrogen (secondary N) is 2. The third-order valence-corrected chi connectivity index (χ3v) is 5.68. The summed E-state index contributed by atoms with van der Waals surface area (Å²) < 4.78 is 5.95. The molecule has 5 rings (SSSR count). The van der Waals surface area contributed by atoms with Crippen molar-refractivity contribution in [3.05, 3.63) is 77.6 Å². The minimum atomic E-state index is 0.0128. The molecule has 1 aliphatic rings. The highest BCUT2D eigenvalue weighted by molar-refractivity contribution is 5.94. The van der Waals surface area contributed by atoms with E-state index in [0.29, 0.717) is 25.3 Å². The Morgan fingerprint density at radius 1 is 1.06 bits per heavy atom. The summed E-state index contributed by atoms with van der Waals surface area (Å²) in [6.07, 6.45) is 0. The van der Waals surface area contributed by atoms with Gasteiger partial charge >= 0.3 is 0 Å². The van der Waals surface area contributed by atoms with E-state index in [1.807, 2.05) is 55.3 Å². The van der Waals surface area contributed by atoms with E-state index in [9.17, 15) is 4.79 Å². The van der Waals surface area contributed by atoms with E-state index in [0.717, 1.165) is 45.0 Å². The molecule has 0 atom stereocenters. The Labute approximate surface area is 180 Å². The summed E-state index contributed by atoms with van der Waals surface area (Å²) in [5, 5.41) is 3.08. The van der Waals surface area contributed by atoms with Gasteiger partial charge in [-0.25, -0.2) is 4.98 Å². The topological polar surface area (TPSA) is 70.2 Å². The van der Waals surface area contributed by atoms with Crippen molar-refractivity contribution < 1.29 is 9.53 Å². The largest absolute Gasteiger partial charge is 0.491 e. The number of amides is 1. The van der Waals surface area contributed by atoms with Crippen molar-refractivity contribution in [2.75, 3.05) is 25.5 Å². The molecule has 1 aliphatic heterocycles. The molecule has 0 fully saturated rings. The number of carbonyl (C=O) groups is 1. The van der Waals surface area contributed by atoms with Gasteiger partial charge in [-0.1, -0.05) is 12.1 Å². The maximum absolute atomic E-state index is 13.1. The van der Waals surface area contributed by atoms with E-state index in [1.165, 1.54) is 0 Å². The van der Waals surface area contributed by atoms with Crippen LogP contribution in [0, 0.1) is 6.92 Å². The first-order valence-electron chi connectivity index (χ1n) is 10.4. The molecule has 1 amide bonds. The lowest BCUT2D eigenvalue weighted by atomic mass is 10.0. The highest BCUT2D eigenvalue weighted by Gasteiger charge is 2.21. The number of rotatable bonds is 3. The van der Waals surface area contributed by atoms with Crippen LogP contribution in [0.1, 0.15) is 21.7 Å². The number of ether oxygens (including phenoxy) is 1. The second-order valence-electron chi connectivity index (χ2n) is 7.78. The zero-order chi connectivity index (χ0) is 21.4. The third-order valence-electron chi connectivity index (χ3n) is 5.68. The molecule has 0 aliphatic carbocycles. The van der Waals surface area contributed by atoms with Crippen LogP contribution in [-0.2, 0) is 6.54 Å². The highest BCUT2D eigenvalue weighted by atomic mass is 16.5. The number of nitrogens with zero attached hydrogens (tertiary/aromatic N) is 2. The molecule has 1 aromatic heterocycles. The molecular formula is C25H24N4O2. The van der Waals surface area contributed by atoms with Crippen LogP contribution in [0.3, 0.4) is 0 Å². The number of hydrogen-bond donors (Lipinski definition) is 2. The Balaban J connectivity index is 1.44. The van der Waals surface area contributed by atoms with Crippen molar-refractivity contribution in [3.8, 4) is 16.9 Å². The number of imidazole rings is 1. The predicted octanol–water partition coefficient (Wildman–Crippen LogP) is 4.61. The smallest absolute Gasteiger partial charge is 0.254 e. The summed E-state index contributed by atoms with van der Waals surface area (Å²) in [5.41, 5.74) is 6.83. The van der Waals surface area contributed by atoms with Crippen molar-refractivity contribution >= 4 is 22.6 Å². The van der Waals surface area contributed by atoms with E-state index in [4.69, 9.17) is 4.74 Å². The zero-order valence-electron chi connectivity index (χ0n) is 17.6. The van der Waals surface area contributed by atoms with Gasteiger partial charge in [-0.05, 0) is 66.6 Å². The number of carbonyl (C=O) groups excluding carboxylic acids is 1. The van der Waals surface area contributed by atoms with Crippen LogP contribution in [0.5, 0.6) is 5.75 Å². The molecule has 6 nitrogen and oxygen atoms in total.